The van der Waals surface area contributed by atoms with Crippen LogP contribution in [0.15, 0.2) is 47.4 Å². The van der Waals surface area contributed by atoms with Crippen molar-refractivity contribution in [2.75, 3.05) is 11.3 Å². The number of benzene rings is 2. The lowest BCUT2D eigenvalue weighted by atomic mass is 9.87. The second-order valence-electron chi connectivity index (χ2n) is 8.15. The van der Waals surface area contributed by atoms with Gasteiger partial charge in [0.15, 0.2) is 0 Å². The first-order valence-electron chi connectivity index (χ1n) is 10.6. The number of anilines is 1. The van der Waals surface area contributed by atoms with Gasteiger partial charge in [-0.25, -0.2) is 22.0 Å². The number of hydrogen-bond donors (Lipinski definition) is 2. The first kappa shape index (κ1) is 24.0. The molecule has 9 heteroatoms. The highest BCUT2D eigenvalue weighted by molar-refractivity contribution is 7.92. The average molecular weight is 467 g/mol. The van der Waals surface area contributed by atoms with E-state index in [1.54, 1.807) is 12.1 Å². The SMILES string of the molecule is CCCN(C(=O)O)[C@@H]1CCc2cc(NS(=O)(=O)c3ccc(C(C)C(F)F)cc3)ccc2C1. The molecule has 0 aromatic heterocycles. The van der Waals surface area contributed by atoms with Crippen molar-refractivity contribution in [3.8, 4) is 0 Å². The Morgan fingerprint density at radius 3 is 2.47 bits per heavy atom. The molecule has 0 spiro atoms. The number of fused-ring (bicyclic) bond motifs is 1. The molecule has 0 heterocycles. The van der Waals surface area contributed by atoms with Crippen LogP contribution in [0.1, 0.15) is 49.3 Å². The number of carboxylic acid groups (broad SMARTS) is 1. The molecular weight excluding hydrogens is 438 g/mol. The molecule has 6 nitrogen and oxygen atoms in total. The zero-order chi connectivity index (χ0) is 23.5. The maximum Gasteiger partial charge on any atom is 0.407 e. The number of sulfonamides is 1. The molecule has 0 saturated heterocycles. The third-order valence-electron chi connectivity index (χ3n) is 5.91. The van der Waals surface area contributed by atoms with E-state index in [0.29, 0.717) is 37.1 Å². The Bertz CT molecular complexity index is 1060. The summed E-state index contributed by atoms with van der Waals surface area (Å²) in [6.07, 6.45) is -0.756. The van der Waals surface area contributed by atoms with Crippen molar-refractivity contribution < 1.29 is 27.1 Å². The van der Waals surface area contributed by atoms with Crippen LogP contribution in [0.5, 0.6) is 0 Å². The van der Waals surface area contributed by atoms with E-state index in [1.807, 2.05) is 13.0 Å². The number of carbonyl (C=O) groups is 1. The molecule has 1 aliphatic carbocycles. The summed E-state index contributed by atoms with van der Waals surface area (Å²) >= 11 is 0. The summed E-state index contributed by atoms with van der Waals surface area (Å²) < 4.78 is 53.7. The molecule has 2 aromatic carbocycles. The fourth-order valence-corrected chi connectivity index (χ4v) is 5.10. The van der Waals surface area contributed by atoms with Gasteiger partial charge in [-0.3, -0.25) is 4.72 Å². The van der Waals surface area contributed by atoms with Crippen molar-refractivity contribution in [2.45, 2.75) is 62.8 Å². The summed E-state index contributed by atoms with van der Waals surface area (Å²) in [4.78, 5) is 13.0. The highest BCUT2D eigenvalue weighted by atomic mass is 32.2. The van der Waals surface area contributed by atoms with Gasteiger partial charge in [-0.2, -0.15) is 0 Å². The van der Waals surface area contributed by atoms with E-state index in [4.69, 9.17) is 0 Å². The van der Waals surface area contributed by atoms with Crippen molar-refractivity contribution in [1.29, 1.82) is 0 Å². The maximum absolute atomic E-state index is 12.9. The summed E-state index contributed by atoms with van der Waals surface area (Å²) in [7, 11) is -3.87. The molecule has 0 radical (unpaired) electrons. The molecule has 2 N–H and O–H groups in total. The monoisotopic (exact) mass is 466 g/mol. The number of hydrogen-bond acceptors (Lipinski definition) is 3. The van der Waals surface area contributed by atoms with E-state index >= 15 is 0 Å². The first-order valence-corrected chi connectivity index (χ1v) is 12.1. The Balaban J connectivity index is 1.73. The topological polar surface area (TPSA) is 86.7 Å². The number of amides is 1. The third-order valence-corrected chi connectivity index (χ3v) is 7.30. The zero-order valence-electron chi connectivity index (χ0n) is 18.1. The van der Waals surface area contributed by atoms with E-state index in [9.17, 15) is 27.1 Å². The van der Waals surface area contributed by atoms with Gasteiger partial charge in [0.1, 0.15) is 0 Å². The van der Waals surface area contributed by atoms with Gasteiger partial charge in [0, 0.05) is 24.2 Å². The predicted molar refractivity (Wildman–Crippen MR) is 119 cm³/mol. The van der Waals surface area contributed by atoms with Crippen LogP contribution in [0.3, 0.4) is 0 Å². The highest BCUT2D eigenvalue weighted by Gasteiger charge is 2.27. The Labute approximate surface area is 187 Å². The van der Waals surface area contributed by atoms with Gasteiger partial charge in [-0.05, 0) is 66.6 Å². The van der Waals surface area contributed by atoms with Gasteiger partial charge in [0.05, 0.1) is 4.90 Å². The van der Waals surface area contributed by atoms with Crippen LogP contribution in [0.4, 0.5) is 19.3 Å². The first-order chi connectivity index (χ1) is 15.1. The molecule has 1 aliphatic rings. The molecule has 2 atom stereocenters. The standard InChI is InChI=1S/C23H28F2N2O4S/c1-3-12-27(23(28)29)20-9-5-17-13-19(8-4-18(17)14-20)26-32(30,31)21-10-6-16(7-11-21)15(2)22(24)25/h4,6-8,10-11,13,15,20,22,26H,3,5,9,12,14H2,1-2H3,(H,28,29)/t15?,20-/m1/s1. The van der Waals surface area contributed by atoms with Gasteiger partial charge < -0.3 is 10.0 Å². The fourth-order valence-electron chi connectivity index (χ4n) is 4.05. The Morgan fingerprint density at radius 1 is 1.19 bits per heavy atom. The zero-order valence-corrected chi connectivity index (χ0v) is 18.9. The van der Waals surface area contributed by atoms with Crippen molar-refractivity contribution in [3.63, 3.8) is 0 Å². The molecule has 174 valence electrons. The van der Waals surface area contributed by atoms with E-state index in [1.165, 1.54) is 36.1 Å². The number of alkyl halides is 2. The fraction of sp³-hybridized carbons (Fsp3) is 0.435. The van der Waals surface area contributed by atoms with Crippen LogP contribution in [-0.4, -0.2) is 43.5 Å². The summed E-state index contributed by atoms with van der Waals surface area (Å²) in [5.41, 5.74) is 2.79. The smallest absolute Gasteiger partial charge is 0.407 e. The van der Waals surface area contributed by atoms with Crippen LogP contribution in [-0.2, 0) is 22.9 Å². The van der Waals surface area contributed by atoms with E-state index < -0.39 is 28.5 Å². The third kappa shape index (κ3) is 5.38. The molecule has 2 aromatic rings. The number of aryl methyl sites for hydroxylation is 1. The van der Waals surface area contributed by atoms with Gasteiger partial charge in [0.2, 0.25) is 6.43 Å². The Kier molecular flexibility index (Phi) is 7.38. The molecule has 32 heavy (non-hydrogen) atoms. The van der Waals surface area contributed by atoms with Gasteiger partial charge in [-0.15, -0.1) is 0 Å². The van der Waals surface area contributed by atoms with Crippen molar-refractivity contribution in [2.24, 2.45) is 0 Å². The van der Waals surface area contributed by atoms with Crippen LogP contribution >= 0.6 is 0 Å². The van der Waals surface area contributed by atoms with Crippen LogP contribution in [0.2, 0.25) is 0 Å². The lowest BCUT2D eigenvalue weighted by molar-refractivity contribution is 0.119. The van der Waals surface area contributed by atoms with Gasteiger partial charge >= 0.3 is 6.09 Å². The molecule has 0 aliphatic heterocycles. The quantitative estimate of drug-likeness (QED) is 0.567. The minimum atomic E-state index is -3.87. The summed E-state index contributed by atoms with van der Waals surface area (Å²) in [5, 5.41) is 9.47. The van der Waals surface area contributed by atoms with Crippen molar-refractivity contribution in [3.05, 3.63) is 59.2 Å². The van der Waals surface area contributed by atoms with E-state index in [2.05, 4.69) is 4.72 Å². The van der Waals surface area contributed by atoms with E-state index in [-0.39, 0.29) is 10.9 Å². The van der Waals surface area contributed by atoms with Crippen LogP contribution in [0, 0.1) is 0 Å². The molecule has 0 fully saturated rings. The minimum absolute atomic E-state index is 0.00262. The largest absolute Gasteiger partial charge is 0.465 e. The molecule has 0 saturated carbocycles. The molecular formula is C23H28F2N2O4S. The molecule has 0 bridgehead atoms. The number of halogens is 2. The lowest BCUT2D eigenvalue weighted by Gasteiger charge is -2.33. The van der Waals surface area contributed by atoms with Gasteiger partial charge in [0.25, 0.3) is 10.0 Å². The van der Waals surface area contributed by atoms with Crippen molar-refractivity contribution in [1.82, 2.24) is 4.90 Å². The molecule has 1 unspecified atom stereocenters. The number of nitrogens with one attached hydrogen (secondary N) is 1. The Hall–Kier alpha value is -2.68. The minimum Gasteiger partial charge on any atom is -0.465 e. The van der Waals surface area contributed by atoms with Crippen molar-refractivity contribution >= 4 is 21.8 Å². The molecule has 3 rings (SSSR count). The second-order valence-corrected chi connectivity index (χ2v) is 9.84. The lowest BCUT2D eigenvalue weighted by Crippen LogP contribution is -2.43. The van der Waals surface area contributed by atoms with E-state index in [0.717, 1.165) is 17.5 Å². The second kappa shape index (κ2) is 9.85. The highest BCUT2D eigenvalue weighted by Crippen LogP contribution is 2.29. The van der Waals surface area contributed by atoms with Crippen LogP contribution < -0.4 is 4.72 Å². The summed E-state index contributed by atoms with van der Waals surface area (Å²) in [5.74, 6) is -0.974. The number of nitrogens with zero attached hydrogens (tertiary/aromatic N) is 1. The summed E-state index contributed by atoms with van der Waals surface area (Å²) in [6, 6.07) is 10.7. The normalized spacial score (nSPS) is 17.0. The molecule has 1 amide bonds. The van der Waals surface area contributed by atoms with Gasteiger partial charge in [-0.1, -0.05) is 32.0 Å². The number of rotatable bonds is 8. The summed E-state index contributed by atoms with van der Waals surface area (Å²) in [6.45, 7) is 3.82. The average Bonchev–Trinajstić information content (AvgIpc) is 2.76. The van der Waals surface area contributed by atoms with Crippen LogP contribution in [0.25, 0.3) is 0 Å². The maximum atomic E-state index is 12.9. The predicted octanol–water partition coefficient (Wildman–Crippen LogP) is 5.10. The Morgan fingerprint density at radius 2 is 1.88 bits per heavy atom.